The van der Waals surface area contributed by atoms with Gasteiger partial charge in [0.05, 0.1) is 0 Å². The molecule has 0 aromatic heterocycles. The quantitative estimate of drug-likeness (QED) is 0.577. The number of carboxylic acids is 1. The van der Waals surface area contributed by atoms with Gasteiger partial charge in [0.1, 0.15) is 0 Å². The van der Waals surface area contributed by atoms with Crippen LogP contribution in [0.5, 0.6) is 0 Å². The lowest BCUT2D eigenvalue weighted by Gasteiger charge is -2.09. The van der Waals surface area contributed by atoms with Crippen LogP contribution < -0.4 is 16.0 Å². The highest BCUT2D eigenvalue weighted by atomic mass is 16.4. The van der Waals surface area contributed by atoms with E-state index in [0.717, 1.165) is 0 Å². The number of anilines is 2. The Morgan fingerprint density at radius 2 is 1.76 bits per heavy atom. The molecule has 114 valence electrons. The predicted octanol–water partition coefficient (Wildman–Crippen LogP) is 2.02. The van der Waals surface area contributed by atoms with E-state index in [9.17, 15) is 14.4 Å². The molecular weight excluding hydrogens is 274 g/mol. The monoisotopic (exact) mass is 293 g/mol. The Kier molecular flexibility index (Phi) is 6.73. The van der Waals surface area contributed by atoms with Gasteiger partial charge in [-0.05, 0) is 31.0 Å². The van der Waals surface area contributed by atoms with Gasteiger partial charge in [0.15, 0.2) is 0 Å². The highest BCUT2D eigenvalue weighted by molar-refractivity contribution is 5.92. The molecule has 1 aromatic carbocycles. The van der Waals surface area contributed by atoms with Crippen molar-refractivity contribution in [3.63, 3.8) is 0 Å². The number of unbranched alkanes of at least 4 members (excludes halogenated alkanes) is 1. The topological polar surface area (TPSA) is 108 Å². The molecule has 0 unspecified atom stereocenters. The van der Waals surface area contributed by atoms with E-state index in [1.807, 2.05) is 0 Å². The molecular formula is C14H19N3O4. The van der Waals surface area contributed by atoms with Crippen LogP contribution in [0.25, 0.3) is 0 Å². The summed E-state index contributed by atoms with van der Waals surface area (Å²) in [6.07, 6.45) is 1.22. The predicted molar refractivity (Wildman–Crippen MR) is 79.3 cm³/mol. The van der Waals surface area contributed by atoms with Crippen molar-refractivity contribution in [1.29, 1.82) is 0 Å². The van der Waals surface area contributed by atoms with Gasteiger partial charge in [0, 0.05) is 31.3 Å². The summed E-state index contributed by atoms with van der Waals surface area (Å²) in [7, 11) is 0. The van der Waals surface area contributed by atoms with Crippen molar-refractivity contribution >= 4 is 29.3 Å². The summed E-state index contributed by atoms with van der Waals surface area (Å²) in [5, 5.41) is 16.4. The lowest BCUT2D eigenvalue weighted by Crippen LogP contribution is -2.29. The lowest BCUT2D eigenvalue weighted by atomic mass is 10.2. The van der Waals surface area contributed by atoms with Crippen molar-refractivity contribution in [3.8, 4) is 0 Å². The molecule has 21 heavy (non-hydrogen) atoms. The first-order valence-electron chi connectivity index (χ1n) is 6.61. The first-order chi connectivity index (χ1) is 9.97. The van der Waals surface area contributed by atoms with E-state index >= 15 is 0 Å². The van der Waals surface area contributed by atoms with Crippen molar-refractivity contribution < 1.29 is 19.5 Å². The molecule has 1 aromatic rings. The highest BCUT2D eigenvalue weighted by Crippen LogP contribution is 2.14. The minimum absolute atomic E-state index is 0.0993. The number of carboxylic acid groups (broad SMARTS) is 1. The molecule has 0 spiro atoms. The second kappa shape index (κ2) is 8.57. The van der Waals surface area contributed by atoms with Crippen LogP contribution in [0.4, 0.5) is 16.2 Å². The van der Waals surface area contributed by atoms with Gasteiger partial charge in [-0.15, -0.1) is 0 Å². The molecule has 0 bridgehead atoms. The minimum atomic E-state index is -0.839. The smallest absolute Gasteiger partial charge is 0.319 e. The molecule has 0 saturated carbocycles. The number of nitrogens with one attached hydrogen (secondary N) is 3. The Morgan fingerprint density at radius 3 is 2.38 bits per heavy atom. The Balaban J connectivity index is 2.34. The maximum absolute atomic E-state index is 11.6. The van der Waals surface area contributed by atoms with E-state index in [2.05, 4.69) is 16.0 Å². The zero-order chi connectivity index (χ0) is 15.7. The highest BCUT2D eigenvalue weighted by Gasteiger charge is 2.03. The number of benzene rings is 1. The van der Waals surface area contributed by atoms with Gasteiger partial charge in [-0.2, -0.15) is 0 Å². The summed E-state index contributed by atoms with van der Waals surface area (Å²) in [5.74, 6) is -1.02. The molecule has 0 aliphatic heterocycles. The molecule has 0 atom stereocenters. The molecule has 0 radical (unpaired) electrons. The summed E-state index contributed by atoms with van der Waals surface area (Å²) in [6.45, 7) is 1.81. The van der Waals surface area contributed by atoms with E-state index in [-0.39, 0.29) is 18.4 Å². The van der Waals surface area contributed by atoms with Crippen LogP contribution in [-0.4, -0.2) is 29.6 Å². The first-order valence-corrected chi connectivity index (χ1v) is 6.61. The fourth-order valence-corrected chi connectivity index (χ4v) is 1.66. The first kappa shape index (κ1) is 16.5. The summed E-state index contributed by atoms with van der Waals surface area (Å²) in [6, 6.07) is 6.41. The zero-order valence-corrected chi connectivity index (χ0v) is 11.8. The molecule has 0 aliphatic carbocycles. The number of urea groups is 1. The number of amides is 3. The van der Waals surface area contributed by atoms with Crippen LogP contribution in [0.2, 0.25) is 0 Å². The van der Waals surface area contributed by atoms with Gasteiger partial charge in [-0.25, -0.2) is 4.79 Å². The van der Waals surface area contributed by atoms with Crippen LogP contribution in [0.1, 0.15) is 26.2 Å². The second-order valence-electron chi connectivity index (χ2n) is 4.49. The summed E-state index contributed by atoms with van der Waals surface area (Å²) in [5.41, 5.74) is 1.16. The molecule has 0 heterocycles. The summed E-state index contributed by atoms with van der Waals surface area (Å²) < 4.78 is 0. The molecule has 0 saturated heterocycles. The lowest BCUT2D eigenvalue weighted by molar-refractivity contribution is -0.137. The molecule has 0 fully saturated rings. The Morgan fingerprint density at radius 1 is 1.10 bits per heavy atom. The number of hydrogen-bond acceptors (Lipinski definition) is 3. The van der Waals surface area contributed by atoms with Gasteiger partial charge < -0.3 is 21.1 Å². The van der Waals surface area contributed by atoms with E-state index in [1.165, 1.54) is 6.92 Å². The van der Waals surface area contributed by atoms with E-state index < -0.39 is 5.97 Å². The number of rotatable bonds is 7. The largest absolute Gasteiger partial charge is 0.481 e. The number of carbonyl (C=O) groups excluding carboxylic acids is 2. The average Bonchev–Trinajstić information content (AvgIpc) is 2.37. The van der Waals surface area contributed by atoms with Crippen LogP contribution >= 0.6 is 0 Å². The van der Waals surface area contributed by atoms with Crippen LogP contribution in [0.3, 0.4) is 0 Å². The van der Waals surface area contributed by atoms with Gasteiger partial charge in [-0.3, -0.25) is 9.59 Å². The van der Waals surface area contributed by atoms with Crippen molar-refractivity contribution in [1.82, 2.24) is 5.32 Å². The molecule has 7 nitrogen and oxygen atoms in total. The van der Waals surface area contributed by atoms with Gasteiger partial charge in [-0.1, -0.05) is 6.07 Å². The Hall–Kier alpha value is -2.57. The third-order valence-electron chi connectivity index (χ3n) is 2.54. The van der Waals surface area contributed by atoms with E-state index in [0.29, 0.717) is 30.8 Å². The average molecular weight is 293 g/mol. The standard InChI is InChI=1S/C14H19N3O4/c1-10(18)16-11-5-4-6-12(9-11)17-14(21)15-8-3-2-7-13(19)20/h4-6,9H,2-3,7-8H2,1H3,(H,16,18)(H,19,20)(H2,15,17,21). The van der Waals surface area contributed by atoms with Crippen molar-refractivity contribution in [3.05, 3.63) is 24.3 Å². The number of aliphatic carboxylic acids is 1. The molecule has 7 heteroatoms. The maximum atomic E-state index is 11.6. The van der Waals surface area contributed by atoms with Crippen LogP contribution in [0, 0.1) is 0 Å². The van der Waals surface area contributed by atoms with Gasteiger partial charge >= 0.3 is 12.0 Å². The van der Waals surface area contributed by atoms with E-state index in [4.69, 9.17) is 5.11 Å². The van der Waals surface area contributed by atoms with Crippen molar-refractivity contribution in [2.45, 2.75) is 26.2 Å². The molecule has 0 aliphatic rings. The molecule has 3 amide bonds. The van der Waals surface area contributed by atoms with Crippen molar-refractivity contribution in [2.75, 3.05) is 17.2 Å². The van der Waals surface area contributed by atoms with Crippen molar-refractivity contribution in [2.24, 2.45) is 0 Å². The number of carbonyl (C=O) groups is 3. The third kappa shape index (κ3) is 7.56. The van der Waals surface area contributed by atoms with Crippen LogP contribution in [0.15, 0.2) is 24.3 Å². The van der Waals surface area contributed by atoms with E-state index in [1.54, 1.807) is 24.3 Å². The minimum Gasteiger partial charge on any atom is -0.481 e. The summed E-state index contributed by atoms with van der Waals surface area (Å²) >= 11 is 0. The fourth-order valence-electron chi connectivity index (χ4n) is 1.66. The molecule has 4 N–H and O–H groups in total. The zero-order valence-electron chi connectivity index (χ0n) is 11.8. The van der Waals surface area contributed by atoms with Crippen LogP contribution in [-0.2, 0) is 9.59 Å². The SMILES string of the molecule is CC(=O)Nc1cccc(NC(=O)NCCCCC(=O)O)c1. The van der Waals surface area contributed by atoms with Gasteiger partial charge in [0.25, 0.3) is 0 Å². The second-order valence-corrected chi connectivity index (χ2v) is 4.49. The maximum Gasteiger partial charge on any atom is 0.319 e. The fraction of sp³-hybridized carbons (Fsp3) is 0.357. The normalized spacial score (nSPS) is 9.76. The number of hydrogen-bond donors (Lipinski definition) is 4. The summed E-state index contributed by atoms with van der Waals surface area (Å²) in [4.78, 5) is 32.9. The Bertz CT molecular complexity index is 517. The third-order valence-corrected chi connectivity index (χ3v) is 2.54. The molecule has 1 rings (SSSR count). The Labute approximate surface area is 122 Å². The van der Waals surface area contributed by atoms with Gasteiger partial charge in [0.2, 0.25) is 5.91 Å².